The highest BCUT2D eigenvalue weighted by Crippen LogP contribution is 2.53. The number of sulfone groups is 1. The Hall–Kier alpha value is -3.36. The number of carbonyl (C=O) groups is 2. The lowest BCUT2D eigenvalue weighted by Gasteiger charge is -2.32. The summed E-state index contributed by atoms with van der Waals surface area (Å²) in [6.45, 7) is 0.0669. The first-order chi connectivity index (χ1) is 15.8. The van der Waals surface area contributed by atoms with Gasteiger partial charge in [-0.05, 0) is 42.0 Å². The fraction of sp³-hybridized carbons (Fsp3) is 0.167. The molecule has 2 heterocycles. The Kier molecular flexibility index (Phi) is 4.95. The highest BCUT2D eigenvalue weighted by Gasteiger charge is 2.69. The number of para-hydroxylation sites is 1. The van der Waals surface area contributed by atoms with Crippen molar-refractivity contribution in [2.45, 2.75) is 11.4 Å². The number of rotatable bonds is 4. The van der Waals surface area contributed by atoms with Crippen LogP contribution in [0.25, 0.3) is 0 Å². The molecular formula is C24H19ClN2O5S. The fourth-order valence-electron chi connectivity index (χ4n) is 4.58. The minimum absolute atomic E-state index is 0.0669. The molecule has 1 atom stereocenters. The van der Waals surface area contributed by atoms with Crippen molar-refractivity contribution in [1.29, 1.82) is 0 Å². The number of halogens is 1. The van der Waals surface area contributed by atoms with Crippen LogP contribution in [0.15, 0.2) is 72.8 Å². The van der Waals surface area contributed by atoms with Crippen LogP contribution < -0.4 is 14.5 Å². The number of hydrogen-bond donors (Lipinski definition) is 0. The van der Waals surface area contributed by atoms with Crippen LogP contribution in [0.1, 0.15) is 11.1 Å². The van der Waals surface area contributed by atoms with E-state index < -0.39 is 32.3 Å². The molecule has 7 nitrogen and oxygen atoms in total. The van der Waals surface area contributed by atoms with Gasteiger partial charge < -0.3 is 9.64 Å². The van der Waals surface area contributed by atoms with Crippen molar-refractivity contribution in [1.82, 2.24) is 0 Å². The molecule has 2 aliphatic rings. The Balaban J connectivity index is 1.72. The lowest BCUT2D eigenvalue weighted by Crippen LogP contribution is -2.54. The van der Waals surface area contributed by atoms with Gasteiger partial charge in [0, 0.05) is 16.3 Å². The molecule has 9 heteroatoms. The van der Waals surface area contributed by atoms with Crippen LogP contribution in [0, 0.1) is 0 Å². The average molecular weight is 483 g/mol. The molecule has 0 aliphatic carbocycles. The van der Waals surface area contributed by atoms with Crippen LogP contribution >= 0.6 is 11.6 Å². The number of hydrogen-bond acceptors (Lipinski definition) is 5. The molecule has 168 valence electrons. The maximum atomic E-state index is 14.1. The molecule has 1 unspecified atom stereocenters. The summed E-state index contributed by atoms with van der Waals surface area (Å²) in [4.78, 5) is 27.5. The number of benzene rings is 3. The maximum absolute atomic E-state index is 14.1. The molecular weight excluding hydrogens is 464 g/mol. The zero-order chi connectivity index (χ0) is 23.4. The monoisotopic (exact) mass is 482 g/mol. The smallest absolute Gasteiger partial charge is 0.274 e. The Morgan fingerprint density at radius 2 is 1.64 bits per heavy atom. The van der Waals surface area contributed by atoms with E-state index in [1.165, 1.54) is 12.0 Å². The summed E-state index contributed by atoms with van der Waals surface area (Å²) in [6, 6.07) is 20.1. The topological polar surface area (TPSA) is 84.0 Å². The molecule has 2 aliphatic heterocycles. The minimum Gasteiger partial charge on any atom is -0.497 e. The lowest BCUT2D eigenvalue weighted by molar-refractivity contribution is -0.123. The van der Waals surface area contributed by atoms with Gasteiger partial charge in [0.25, 0.3) is 10.8 Å². The van der Waals surface area contributed by atoms with E-state index in [0.29, 0.717) is 27.7 Å². The zero-order valence-electron chi connectivity index (χ0n) is 17.6. The van der Waals surface area contributed by atoms with Gasteiger partial charge in [-0.3, -0.25) is 14.5 Å². The van der Waals surface area contributed by atoms with Crippen LogP contribution in [-0.4, -0.2) is 33.1 Å². The Morgan fingerprint density at radius 3 is 2.33 bits per heavy atom. The molecule has 33 heavy (non-hydrogen) atoms. The second-order valence-electron chi connectivity index (χ2n) is 7.83. The first-order valence-electron chi connectivity index (χ1n) is 10.2. The summed E-state index contributed by atoms with van der Waals surface area (Å²) in [7, 11) is -2.72. The van der Waals surface area contributed by atoms with Crippen molar-refractivity contribution in [3.05, 3.63) is 88.9 Å². The van der Waals surface area contributed by atoms with E-state index in [1.807, 2.05) is 0 Å². The summed E-state index contributed by atoms with van der Waals surface area (Å²) < 4.78 is 32.3. The Bertz CT molecular complexity index is 1390. The number of amides is 2. The third kappa shape index (κ3) is 2.98. The molecule has 0 radical (unpaired) electrons. The number of anilines is 2. The second kappa shape index (κ2) is 7.60. The average Bonchev–Trinajstić information content (AvgIpc) is 3.18. The first-order valence-corrected chi connectivity index (χ1v) is 12.2. The Morgan fingerprint density at radius 1 is 0.970 bits per heavy atom. The minimum atomic E-state index is -4.23. The van der Waals surface area contributed by atoms with Crippen molar-refractivity contribution in [2.75, 3.05) is 22.7 Å². The normalized spacial score (nSPS) is 21.0. The number of methoxy groups -OCH3 is 1. The van der Waals surface area contributed by atoms with Crippen molar-refractivity contribution in [2.24, 2.45) is 0 Å². The predicted octanol–water partition coefficient (Wildman–Crippen LogP) is 3.51. The van der Waals surface area contributed by atoms with E-state index in [-0.39, 0.29) is 12.1 Å². The summed E-state index contributed by atoms with van der Waals surface area (Å²) in [5.74, 6) is -1.59. The summed E-state index contributed by atoms with van der Waals surface area (Å²) >= 11 is 6.33. The predicted molar refractivity (Wildman–Crippen MR) is 125 cm³/mol. The largest absolute Gasteiger partial charge is 0.497 e. The molecule has 1 spiro atoms. The van der Waals surface area contributed by atoms with Gasteiger partial charge in [0.2, 0.25) is 5.91 Å². The molecule has 1 saturated heterocycles. The molecule has 1 fully saturated rings. The van der Waals surface area contributed by atoms with Crippen molar-refractivity contribution in [3.63, 3.8) is 0 Å². The molecule has 3 aromatic rings. The highest BCUT2D eigenvalue weighted by molar-refractivity contribution is 7.94. The quantitative estimate of drug-likeness (QED) is 0.568. The highest BCUT2D eigenvalue weighted by atomic mass is 35.5. The van der Waals surface area contributed by atoms with E-state index in [9.17, 15) is 18.0 Å². The van der Waals surface area contributed by atoms with Crippen LogP contribution in [0.2, 0.25) is 5.02 Å². The molecule has 0 bridgehead atoms. The van der Waals surface area contributed by atoms with E-state index >= 15 is 0 Å². The van der Waals surface area contributed by atoms with Gasteiger partial charge in [0.15, 0.2) is 9.84 Å². The summed E-state index contributed by atoms with van der Waals surface area (Å²) in [5.41, 5.74) is 1.64. The third-order valence-electron chi connectivity index (χ3n) is 6.04. The lowest BCUT2D eigenvalue weighted by atomic mass is 10.0. The third-order valence-corrected chi connectivity index (χ3v) is 8.51. The van der Waals surface area contributed by atoms with Crippen LogP contribution in [-0.2, 0) is 30.8 Å². The van der Waals surface area contributed by atoms with Gasteiger partial charge in [-0.15, -0.1) is 0 Å². The second-order valence-corrected chi connectivity index (χ2v) is 10.3. The summed E-state index contributed by atoms with van der Waals surface area (Å²) in [6.07, 6.45) is 0. The zero-order valence-corrected chi connectivity index (χ0v) is 19.1. The first kappa shape index (κ1) is 21.5. The SMILES string of the molecule is COc1ccc(N2C(=O)CS(=O)(=O)C23C(=O)N(Cc2ccccc2Cl)c2ccccc23)cc1. The van der Waals surface area contributed by atoms with Crippen LogP contribution in [0.5, 0.6) is 5.75 Å². The standard InChI is InChI=1S/C24H19ClN2O5S/c1-32-18-12-10-17(11-13-18)27-22(28)15-33(30,31)24(27)19-7-3-5-9-21(19)26(23(24)29)14-16-6-2-4-8-20(16)25/h2-13H,14-15H2,1H3. The Labute approximate surface area is 196 Å². The van der Waals surface area contributed by atoms with Crippen molar-refractivity contribution < 1.29 is 22.7 Å². The van der Waals surface area contributed by atoms with Gasteiger partial charge in [0.1, 0.15) is 11.5 Å². The van der Waals surface area contributed by atoms with Gasteiger partial charge in [-0.2, -0.15) is 0 Å². The number of fused-ring (bicyclic) bond motifs is 2. The number of carbonyl (C=O) groups excluding carboxylic acids is 2. The van der Waals surface area contributed by atoms with Crippen molar-refractivity contribution >= 4 is 44.6 Å². The van der Waals surface area contributed by atoms with Crippen LogP contribution in [0.3, 0.4) is 0 Å². The van der Waals surface area contributed by atoms with E-state index in [4.69, 9.17) is 16.3 Å². The molecule has 3 aromatic carbocycles. The van der Waals surface area contributed by atoms with Crippen molar-refractivity contribution in [3.8, 4) is 5.75 Å². The molecule has 0 N–H and O–H groups in total. The molecule has 0 aromatic heterocycles. The summed E-state index contributed by atoms with van der Waals surface area (Å²) in [5, 5.41) is 0.459. The molecule has 5 rings (SSSR count). The van der Waals surface area contributed by atoms with Gasteiger partial charge in [-0.25, -0.2) is 8.42 Å². The van der Waals surface area contributed by atoms with Gasteiger partial charge in [0.05, 0.1) is 19.3 Å². The van der Waals surface area contributed by atoms with E-state index in [0.717, 1.165) is 4.90 Å². The van der Waals surface area contributed by atoms with E-state index in [2.05, 4.69) is 0 Å². The molecule has 2 amide bonds. The number of ether oxygens (including phenoxy) is 1. The molecule has 0 saturated carbocycles. The number of nitrogens with zero attached hydrogens (tertiary/aromatic N) is 2. The maximum Gasteiger partial charge on any atom is 0.274 e. The fourth-order valence-corrected chi connectivity index (χ4v) is 6.80. The van der Waals surface area contributed by atoms with Gasteiger partial charge in [-0.1, -0.05) is 48.0 Å². The van der Waals surface area contributed by atoms with Crippen LogP contribution in [0.4, 0.5) is 11.4 Å². The van der Waals surface area contributed by atoms with Gasteiger partial charge >= 0.3 is 0 Å². The van der Waals surface area contributed by atoms with E-state index in [1.54, 1.807) is 72.8 Å².